The van der Waals surface area contributed by atoms with Crippen molar-refractivity contribution >= 4 is 45.2 Å². The van der Waals surface area contributed by atoms with Gasteiger partial charge in [-0.05, 0) is 29.0 Å². The Balaban J connectivity index is 1.39. The molecule has 2 N–H and O–H groups in total. The average Bonchev–Trinajstić information content (AvgIpc) is 3.56. The summed E-state index contributed by atoms with van der Waals surface area (Å²) in [6, 6.07) is 12.5. The van der Waals surface area contributed by atoms with Crippen molar-refractivity contribution in [2.24, 2.45) is 0 Å². The number of aromatic nitrogens is 5. The van der Waals surface area contributed by atoms with Crippen LogP contribution >= 0.6 is 11.3 Å². The fourth-order valence-corrected chi connectivity index (χ4v) is 4.54. The van der Waals surface area contributed by atoms with Crippen LogP contribution in [0.3, 0.4) is 0 Å². The zero-order valence-electron chi connectivity index (χ0n) is 16.8. The molecule has 8 nitrogen and oxygen atoms in total. The number of thiophene rings is 1. The van der Waals surface area contributed by atoms with Crippen LogP contribution in [0.2, 0.25) is 0 Å². The molecule has 4 aromatic heterocycles. The maximum Gasteiger partial charge on any atom is 0.229 e. The van der Waals surface area contributed by atoms with E-state index < -0.39 is 0 Å². The molecule has 0 amide bonds. The van der Waals surface area contributed by atoms with Gasteiger partial charge in [-0.25, -0.2) is 4.98 Å². The van der Waals surface area contributed by atoms with Gasteiger partial charge in [-0.3, -0.25) is 4.57 Å². The number of aromatic amines is 1. The lowest BCUT2D eigenvalue weighted by Gasteiger charge is -2.27. The van der Waals surface area contributed by atoms with Crippen LogP contribution in [0.4, 0.5) is 11.8 Å². The van der Waals surface area contributed by atoms with Crippen LogP contribution in [-0.4, -0.2) is 50.8 Å². The van der Waals surface area contributed by atoms with E-state index in [1.165, 1.54) is 5.39 Å². The summed E-state index contributed by atoms with van der Waals surface area (Å²) in [6.45, 7) is 3.54. The molecule has 0 radical (unpaired) electrons. The molecule has 0 saturated carbocycles. The second-order valence-corrected chi connectivity index (χ2v) is 8.26. The minimum atomic E-state index is 0.620. The fraction of sp³-hybridized carbons (Fsp3) is 0.227. The molecule has 0 aliphatic carbocycles. The molecule has 1 aromatic carbocycles. The van der Waals surface area contributed by atoms with Crippen LogP contribution in [0.25, 0.3) is 27.8 Å². The quantitative estimate of drug-likeness (QED) is 0.440. The zero-order chi connectivity index (χ0) is 20.6. The third kappa shape index (κ3) is 3.41. The molecule has 0 atom stereocenters. The number of morpholine rings is 1. The van der Waals surface area contributed by atoms with Crippen molar-refractivity contribution in [1.29, 1.82) is 0 Å². The first-order valence-corrected chi connectivity index (χ1v) is 11.2. The molecule has 1 saturated heterocycles. The van der Waals surface area contributed by atoms with Gasteiger partial charge in [0.15, 0.2) is 17.0 Å². The lowest BCUT2D eigenvalue weighted by molar-refractivity contribution is 0.122. The Hall–Kier alpha value is -3.43. The molecular weight excluding hydrogens is 410 g/mol. The van der Waals surface area contributed by atoms with E-state index in [4.69, 9.17) is 14.7 Å². The van der Waals surface area contributed by atoms with Gasteiger partial charge in [0.25, 0.3) is 0 Å². The summed E-state index contributed by atoms with van der Waals surface area (Å²) in [5.41, 5.74) is 4.84. The number of para-hydroxylation sites is 1. The van der Waals surface area contributed by atoms with Crippen LogP contribution < -0.4 is 10.2 Å². The van der Waals surface area contributed by atoms with Crippen molar-refractivity contribution in [3.05, 3.63) is 59.2 Å². The Bertz CT molecular complexity index is 1300. The Morgan fingerprint density at radius 2 is 2.03 bits per heavy atom. The van der Waals surface area contributed by atoms with Gasteiger partial charge in [0, 0.05) is 29.7 Å². The van der Waals surface area contributed by atoms with Crippen molar-refractivity contribution in [2.45, 2.75) is 6.54 Å². The van der Waals surface area contributed by atoms with Gasteiger partial charge in [-0.1, -0.05) is 18.2 Å². The molecule has 0 spiro atoms. The molecule has 1 aliphatic rings. The van der Waals surface area contributed by atoms with Crippen LogP contribution in [0.15, 0.2) is 53.5 Å². The van der Waals surface area contributed by atoms with E-state index in [9.17, 15) is 0 Å². The Kier molecular flexibility index (Phi) is 4.54. The predicted molar refractivity (Wildman–Crippen MR) is 123 cm³/mol. The first-order chi connectivity index (χ1) is 15.3. The van der Waals surface area contributed by atoms with Gasteiger partial charge in [-0.15, -0.1) is 0 Å². The van der Waals surface area contributed by atoms with E-state index in [0.717, 1.165) is 47.0 Å². The van der Waals surface area contributed by atoms with Crippen molar-refractivity contribution in [3.63, 3.8) is 0 Å². The molecule has 5 heterocycles. The topological polar surface area (TPSA) is 83.9 Å². The summed E-state index contributed by atoms with van der Waals surface area (Å²) < 4.78 is 7.53. The van der Waals surface area contributed by atoms with Crippen molar-refractivity contribution in [3.8, 4) is 5.69 Å². The van der Waals surface area contributed by atoms with E-state index in [0.29, 0.717) is 25.7 Å². The van der Waals surface area contributed by atoms with Crippen molar-refractivity contribution in [1.82, 2.24) is 24.5 Å². The Morgan fingerprint density at radius 3 is 2.87 bits per heavy atom. The van der Waals surface area contributed by atoms with Crippen LogP contribution in [0, 0.1) is 0 Å². The molecule has 1 aliphatic heterocycles. The van der Waals surface area contributed by atoms with Gasteiger partial charge in [0.1, 0.15) is 6.33 Å². The maximum absolute atomic E-state index is 5.51. The molecule has 1 fully saturated rings. The third-order valence-electron chi connectivity index (χ3n) is 5.49. The Labute approximate surface area is 182 Å². The average molecular weight is 432 g/mol. The largest absolute Gasteiger partial charge is 0.378 e. The zero-order valence-corrected chi connectivity index (χ0v) is 17.6. The monoisotopic (exact) mass is 431 g/mol. The second-order valence-electron chi connectivity index (χ2n) is 7.48. The van der Waals surface area contributed by atoms with Gasteiger partial charge in [-0.2, -0.15) is 21.3 Å². The number of fused-ring (bicyclic) bond motifs is 2. The molecular formula is C22H21N7OS. The maximum atomic E-state index is 5.51. The van der Waals surface area contributed by atoms with Gasteiger partial charge >= 0.3 is 0 Å². The number of rotatable bonds is 5. The molecule has 9 heteroatoms. The minimum Gasteiger partial charge on any atom is -0.378 e. The van der Waals surface area contributed by atoms with Crippen molar-refractivity contribution < 1.29 is 4.74 Å². The highest BCUT2D eigenvalue weighted by atomic mass is 32.1. The number of nitrogens with zero attached hydrogens (tertiary/aromatic N) is 5. The molecule has 6 rings (SSSR count). The molecule has 0 bridgehead atoms. The molecule has 31 heavy (non-hydrogen) atoms. The highest BCUT2D eigenvalue weighted by Crippen LogP contribution is 2.27. The fourth-order valence-electron chi connectivity index (χ4n) is 3.91. The van der Waals surface area contributed by atoms with Gasteiger partial charge in [0.05, 0.1) is 25.4 Å². The molecule has 0 unspecified atom stereocenters. The van der Waals surface area contributed by atoms with E-state index in [1.54, 1.807) is 11.3 Å². The van der Waals surface area contributed by atoms with Crippen LogP contribution in [0.5, 0.6) is 0 Å². The second kappa shape index (κ2) is 7.68. The van der Waals surface area contributed by atoms with E-state index in [2.05, 4.69) is 55.2 Å². The number of nitrogens with one attached hydrogen (secondary N) is 2. The lowest BCUT2D eigenvalue weighted by Crippen LogP contribution is -2.37. The summed E-state index contributed by atoms with van der Waals surface area (Å²) in [7, 11) is 0. The third-order valence-corrected chi connectivity index (χ3v) is 6.17. The smallest absolute Gasteiger partial charge is 0.229 e. The van der Waals surface area contributed by atoms with Gasteiger partial charge < -0.3 is 19.9 Å². The van der Waals surface area contributed by atoms with E-state index in [1.807, 2.05) is 23.0 Å². The molecule has 5 aromatic rings. The number of benzene rings is 1. The van der Waals surface area contributed by atoms with E-state index in [-0.39, 0.29) is 0 Å². The predicted octanol–water partition coefficient (Wildman–Crippen LogP) is 3.81. The number of hydrogen-bond donors (Lipinski definition) is 2. The standard InChI is InChI=1S/C22H21N7OS/c1-2-4-18-15(3-1)11-16(25-18)12-23-20-19-21(29(14-24-19)17-5-10-31-13-17)27-22(26-20)28-6-8-30-9-7-28/h1-5,10-11,13-14,25H,6-9,12H2,(H,23,26,27). The highest BCUT2D eigenvalue weighted by Gasteiger charge is 2.20. The highest BCUT2D eigenvalue weighted by molar-refractivity contribution is 7.08. The summed E-state index contributed by atoms with van der Waals surface area (Å²) in [5.74, 6) is 1.44. The molecule has 156 valence electrons. The number of imidazole rings is 1. The van der Waals surface area contributed by atoms with Crippen molar-refractivity contribution in [2.75, 3.05) is 36.5 Å². The number of hydrogen-bond acceptors (Lipinski definition) is 7. The summed E-state index contributed by atoms with van der Waals surface area (Å²) >= 11 is 1.65. The van der Waals surface area contributed by atoms with Crippen LogP contribution in [0.1, 0.15) is 5.69 Å². The number of anilines is 2. The summed E-state index contributed by atoms with van der Waals surface area (Å²) in [5, 5.41) is 8.83. The first-order valence-electron chi connectivity index (χ1n) is 10.3. The summed E-state index contributed by atoms with van der Waals surface area (Å²) in [6.07, 6.45) is 1.82. The lowest BCUT2D eigenvalue weighted by atomic mass is 10.2. The number of ether oxygens (including phenoxy) is 1. The first kappa shape index (κ1) is 18.3. The van der Waals surface area contributed by atoms with E-state index >= 15 is 0 Å². The normalized spacial score (nSPS) is 14.5. The van der Waals surface area contributed by atoms with Gasteiger partial charge in [0.2, 0.25) is 5.95 Å². The number of H-pyrrole nitrogens is 1. The van der Waals surface area contributed by atoms with Crippen LogP contribution in [-0.2, 0) is 11.3 Å². The SMILES string of the molecule is c1ccc2[nH]c(CNc3nc(N4CCOCC4)nc4c3ncn4-c3ccsc3)cc2c1. The minimum absolute atomic E-state index is 0.620. The Morgan fingerprint density at radius 1 is 1.13 bits per heavy atom. The summed E-state index contributed by atoms with van der Waals surface area (Å²) in [4.78, 5) is 20.0.